The summed E-state index contributed by atoms with van der Waals surface area (Å²) in [5.41, 5.74) is 8.38. The third kappa shape index (κ3) is 4.59. The number of hydrazine groups is 1. The van der Waals surface area contributed by atoms with Gasteiger partial charge in [0.05, 0.1) is 0 Å². The molecule has 19 heavy (non-hydrogen) atoms. The number of carbonyl (C=O) groups excluding carboxylic acids is 1. The largest absolute Gasteiger partial charge is 0.368 e. The van der Waals surface area contributed by atoms with Crippen LogP contribution in [0, 0.1) is 6.92 Å². The molecule has 1 aromatic heterocycles. The van der Waals surface area contributed by atoms with Gasteiger partial charge in [-0.2, -0.15) is 0 Å². The number of anilines is 2. The maximum Gasteiger partial charge on any atom is 0.312 e. The molecule has 8 heteroatoms. The van der Waals surface area contributed by atoms with Crippen LogP contribution in [0.1, 0.15) is 24.7 Å². The predicted molar refractivity (Wildman–Crippen MR) is 74.6 cm³/mol. The summed E-state index contributed by atoms with van der Waals surface area (Å²) in [6, 6.07) is -0.544. The zero-order valence-corrected chi connectivity index (χ0v) is 11.3. The van der Waals surface area contributed by atoms with Gasteiger partial charge in [-0.3, -0.25) is 0 Å². The minimum atomic E-state index is -0.544. The van der Waals surface area contributed by atoms with E-state index >= 15 is 0 Å². The number of primary amides is 1. The van der Waals surface area contributed by atoms with E-state index in [1.165, 1.54) is 0 Å². The number of nitrogens with two attached hydrogens (primary N) is 2. The molecular weight excluding hydrogens is 246 g/mol. The number of amides is 2. The molecule has 7 N–H and O–H groups in total. The third-order valence-corrected chi connectivity index (χ3v) is 2.52. The van der Waals surface area contributed by atoms with Crippen LogP contribution in [0.4, 0.5) is 16.4 Å². The van der Waals surface area contributed by atoms with E-state index in [0.717, 1.165) is 24.2 Å². The lowest BCUT2D eigenvalue weighted by Gasteiger charge is -2.13. The topological polar surface area (TPSA) is 131 Å². The van der Waals surface area contributed by atoms with Gasteiger partial charge in [0, 0.05) is 25.1 Å². The van der Waals surface area contributed by atoms with Crippen molar-refractivity contribution >= 4 is 17.7 Å². The lowest BCUT2D eigenvalue weighted by molar-refractivity contribution is 0.249. The number of nitrogens with zero attached hydrogens (tertiary/aromatic N) is 2. The van der Waals surface area contributed by atoms with Crippen LogP contribution in [0.3, 0.4) is 0 Å². The van der Waals surface area contributed by atoms with Crippen LogP contribution < -0.4 is 27.6 Å². The molecular formula is C11H21N7O. The smallest absolute Gasteiger partial charge is 0.312 e. The Hall–Kier alpha value is -2.09. The molecule has 1 rings (SSSR count). The Morgan fingerprint density at radius 1 is 1.26 bits per heavy atom. The highest BCUT2D eigenvalue weighted by atomic mass is 16.2. The first-order chi connectivity index (χ1) is 9.08. The number of urea groups is 1. The first-order valence-corrected chi connectivity index (χ1v) is 6.19. The van der Waals surface area contributed by atoms with E-state index in [1.54, 1.807) is 0 Å². The summed E-state index contributed by atoms with van der Waals surface area (Å²) in [7, 11) is 0. The lowest BCUT2D eigenvalue weighted by atomic mass is 10.2. The highest BCUT2D eigenvalue weighted by Crippen LogP contribution is 2.19. The van der Waals surface area contributed by atoms with Crippen LogP contribution in [-0.2, 0) is 6.42 Å². The zero-order valence-electron chi connectivity index (χ0n) is 11.3. The highest BCUT2D eigenvalue weighted by Gasteiger charge is 2.09. The fraction of sp³-hybridized carbons (Fsp3) is 0.545. The van der Waals surface area contributed by atoms with Gasteiger partial charge in [-0.05, 0) is 13.3 Å². The molecule has 0 radical (unpaired) electrons. The first-order valence-electron chi connectivity index (χ1n) is 6.19. The highest BCUT2D eigenvalue weighted by molar-refractivity contribution is 5.71. The van der Waals surface area contributed by atoms with Gasteiger partial charge in [-0.15, -0.1) is 0 Å². The Balaban J connectivity index is 2.74. The molecule has 0 aliphatic rings. The van der Waals surface area contributed by atoms with Crippen LogP contribution in [-0.4, -0.2) is 29.1 Å². The van der Waals surface area contributed by atoms with Crippen LogP contribution in [0.15, 0.2) is 0 Å². The zero-order chi connectivity index (χ0) is 14.3. The van der Waals surface area contributed by atoms with Crippen molar-refractivity contribution in [1.82, 2.24) is 15.3 Å². The molecule has 0 aliphatic heterocycles. The van der Waals surface area contributed by atoms with Crippen molar-refractivity contribution in [1.29, 1.82) is 0 Å². The molecule has 8 nitrogen and oxygen atoms in total. The first kappa shape index (κ1) is 15.0. The molecule has 0 unspecified atom stereocenters. The van der Waals surface area contributed by atoms with Gasteiger partial charge in [-0.1, -0.05) is 6.92 Å². The van der Waals surface area contributed by atoms with E-state index in [1.807, 2.05) is 6.92 Å². The van der Waals surface area contributed by atoms with Crippen molar-refractivity contribution in [3.8, 4) is 0 Å². The minimum absolute atomic E-state index is 0.424. The van der Waals surface area contributed by atoms with Crippen LogP contribution in [0.25, 0.3) is 0 Å². The summed E-state index contributed by atoms with van der Waals surface area (Å²) in [6.45, 7) is 4.88. The molecule has 1 aromatic rings. The summed E-state index contributed by atoms with van der Waals surface area (Å²) in [5, 5.41) is 5.62. The molecule has 0 spiro atoms. The standard InChI is InChI=1S/C11H21N7O/c1-3-4-8-16-9(7(2)10(17-8)18-13)14-5-6-15-11(12)19/h3-6,13H2,1-2H3,(H3,12,15,19)(H2,14,16,17,18). The average molecular weight is 267 g/mol. The maximum absolute atomic E-state index is 10.5. The number of carbonyl (C=O) groups is 1. The third-order valence-electron chi connectivity index (χ3n) is 2.52. The second-order valence-electron chi connectivity index (χ2n) is 4.07. The van der Waals surface area contributed by atoms with Crippen molar-refractivity contribution in [3.05, 3.63) is 11.4 Å². The summed E-state index contributed by atoms with van der Waals surface area (Å²) < 4.78 is 0. The normalized spacial score (nSPS) is 10.1. The van der Waals surface area contributed by atoms with Gasteiger partial charge in [0.15, 0.2) is 0 Å². The van der Waals surface area contributed by atoms with Crippen molar-refractivity contribution in [2.75, 3.05) is 23.8 Å². The van der Waals surface area contributed by atoms with E-state index in [9.17, 15) is 4.79 Å². The summed E-state index contributed by atoms with van der Waals surface area (Å²) in [5.74, 6) is 7.47. The number of aryl methyl sites for hydroxylation is 1. The number of aromatic nitrogens is 2. The maximum atomic E-state index is 10.5. The van der Waals surface area contributed by atoms with Gasteiger partial charge in [0.25, 0.3) is 0 Å². The monoisotopic (exact) mass is 267 g/mol. The van der Waals surface area contributed by atoms with Gasteiger partial charge in [0.2, 0.25) is 0 Å². The predicted octanol–water partition coefficient (Wildman–Crippen LogP) is 0.103. The van der Waals surface area contributed by atoms with E-state index < -0.39 is 6.03 Å². The van der Waals surface area contributed by atoms with Crippen LogP contribution in [0.2, 0.25) is 0 Å². The molecule has 0 aromatic carbocycles. The van der Waals surface area contributed by atoms with E-state index in [4.69, 9.17) is 11.6 Å². The second-order valence-corrected chi connectivity index (χ2v) is 4.07. The van der Waals surface area contributed by atoms with Crippen LogP contribution >= 0.6 is 0 Å². The Bertz CT molecular complexity index is 435. The summed E-state index contributed by atoms with van der Waals surface area (Å²) in [4.78, 5) is 19.3. The van der Waals surface area contributed by atoms with Gasteiger partial charge in [-0.25, -0.2) is 20.6 Å². The molecule has 0 atom stereocenters. The Morgan fingerprint density at radius 3 is 2.53 bits per heavy atom. The molecule has 0 fully saturated rings. The molecule has 2 amide bonds. The Kier molecular flexibility index (Phi) is 5.80. The Morgan fingerprint density at radius 2 is 1.95 bits per heavy atom. The number of nitrogens with one attached hydrogen (secondary N) is 3. The molecule has 1 heterocycles. The second kappa shape index (κ2) is 7.37. The van der Waals surface area contributed by atoms with E-state index in [-0.39, 0.29) is 0 Å². The summed E-state index contributed by atoms with van der Waals surface area (Å²) >= 11 is 0. The SMILES string of the molecule is CCCc1nc(NN)c(C)c(NCCNC(N)=O)n1. The average Bonchev–Trinajstić information content (AvgIpc) is 2.37. The minimum Gasteiger partial charge on any atom is -0.368 e. The lowest BCUT2D eigenvalue weighted by Crippen LogP contribution is -2.33. The number of hydrogen-bond acceptors (Lipinski definition) is 6. The number of nitrogen functional groups attached to an aromatic ring is 1. The summed E-state index contributed by atoms with van der Waals surface area (Å²) in [6.07, 6.45) is 1.74. The van der Waals surface area contributed by atoms with Crippen molar-refractivity contribution in [2.24, 2.45) is 11.6 Å². The molecule has 0 aliphatic carbocycles. The number of rotatable bonds is 7. The van der Waals surface area contributed by atoms with Crippen molar-refractivity contribution in [3.63, 3.8) is 0 Å². The number of hydrogen-bond donors (Lipinski definition) is 5. The van der Waals surface area contributed by atoms with Crippen molar-refractivity contribution in [2.45, 2.75) is 26.7 Å². The molecule has 0 saturated heterocycles. The van der Waals surface area contributed by atoms with Gasteiger partial charge >= 0.3 is 6.03 Å². The van der Waals surface area contributed by atoms with Gasteiger partial charge in [0.1, 0.15) is 17.5 Å². The molecule has 106 valence electrons. The molecule has 0 bridgehead atoms. The fourth-order valence-electron chi connectivity index (χ4n) is 1.58. The van der Waals surface area contributed by atoms with E-state index in [0.29, 0.717) is 24.7 Å². The Labute approximate surface area is 112 Å². The van der Waals surface area contributed by atoms with Crippen LogP contribution in [0.5, 0.6) is 0 Å². The fourth-order valence-corrected chi connectivity index (χ4v) is 1.58. The van der Waals surface area contributed by atoms with E-state index in [2.05, 4.69) is 33.0 Å². The quantitative estimate of drug-likeness (QED) is 0.270. The molecule has 0 saturated carbocycles. The van der Waals surface area contributed by atoms with Gasteiger partial charge < -0.3 is 21.8 Å². The van der Waals surface area contributed by atoms with Crippen molar-refractivity contribution < 1.29 is 4.79 Å².